The summed E-state index contributed by atoms with van der Waals surface area (Å²) in [6, 6.07) is 5.57. The Morgan fingerprint density at radius 1 is 1.37 bits per heavy atom. The molecule has 0 saturated heterocycles. The van der Waals surface area contributed by atoms with Gasteiger partial charge in [0.1, 0.15) is 5.56 Å². The van der Waals surface area contributed by atoms with Crippen LogP contribution in [-0.2, 0) is 0 Å². The molecule has 19 heavy (non-hydrogen) atoms. The van der Waals surface area contributed by atoms with E-state index in [1.165, 1.54) is 25.3 Å². The number of benzene rings is 1. The third-order valence-corrected chi connectivity index (χ3v) is 2.51. The van der Waals surface area contributed by atoms with Crippen LogP contribution in [0.1, 0.15) is 10.4 Å². The maximum Gasteiger partial charge on any atom is 0.341 e. The molecule has 0 bridgehead atoms. The lowest BCUT2D eigenvalue weighted by atomic mass is 10.1. The van der Waals surface area contributed by atoms with E-state index in [1.807, 2.05) is 0 Å². The highest BCUT2D eigenvalue weighted by atomic mass is 16.5. The van der Waals surface area contributed by atoms with Crippen LogP contribution >= 0.6 is 0 Å². The number of rotatable bonds is 3. The number of aromatic hydroxyl groups is 1. The van der Waals surface area contributed by atoms with Crippen molar-refractivity contribution >= 4 is 5.97 Å². The van der Waals surface area contributed by atoms with E-state index in [2.05, 4.69) is 10.2 Å². The second-order valence-corrected chi connectivity index (χ2v) is 3.69. The SMILES string of the molecule is COc1cc(-c2cc(C(=O)O)c(=O)[nH]n2)ccc1O. The summed E-state index contributed by atoms with van der Waals surface area (Å²) in [5, 5.41) is 24.2. The number of aromatic carboxylic acids is 1. The number of carboxylic acid groups (broad SMARTS) is 1. The molecule has 3 N–H and O–H groups in total. The maximum absolute atomic E-state index is 11.3. The van der Waals surface area contributed by atoms with Crippen molar-refractivity contribution in [2.45, 2.75) is 0 Å². The average molecular weight is 262 g/mol. The summed E-state index contributed by atoms with van der Waals surface area (Å²) in [6.07, 6.45) is 0. The number of hydrogen-bond acceptors (Lipinski definition) is 5. The van der Waals surface area contributed by atoms with Gasteiger partial charge in [-0.3, -0.25) is 4.79 Å². The van der Waals surface area contributed by atoms with Crippen LogP contribution in [0.15, 0.2) is 29.1 Å². The van der Waals surface area contributed by atoms with Crippen LogP contribution in [0.2, 0.25) is 0 Å². The number of aromatic nitrogens is 2. The van der Waals surface area contributed by atoms with Crippen molar-refractivity contribution in [2.75, 3.05) is 7.11 Å². The molecule has 0 saturated carbocycles. The fraction of sp³-hybridized carbons (Fsp3) is 0.0833. The number of nitrogens with one attached hydrogen (secondary N) is 1. The van der Waals surface area contributed by atoms with Gasteiger partial charge in [0.15, 0.2) is 11.5 Å². The van der Waals surface area contributed by atoms with Gasteiger partial charge in [-0.2, -0.15) is 5.10 Å². The number of phenolic OH excluding ortho intramolecular Hbond substituents is 1. The van der Waals surface area contributed by atoms with Crippen LogP contribution in [0.25, 0.3) is 11.3 Å². The largest absolute Gasteiger partial charge is 0.504 e. The van der Waals surface area contributed by atoms with Crippen LogP contribution in [0.5, 0.6) is 11.5 Å². The Labute approximate surface area is 107 Å². The van der Waals surface area contributed by atoms with Gasteiger partial charge in [0.25, 0.3) is 5.56 Å². The normalized spacial score (nSPS) is 10.2. The van der Waals surface area contributed by atoms with Gasteiger partial charge in [-0.05, 0) is 24.3 Å². The molecule has 0 fully saturated rings. The summed E-state index contributed by atoms with van der Waals surface area (Å²) in [4.78, 5) is 22.1. The van der Waals surface area contributed by atoms with Gasteiger partial charge in [0, 0.05) is 5.56 Å². The summed E-state index contributed by atoms with van der Waals surface area (Å²) in [5.74, 6) is -1.16. The van der Waals surface area contributed by atoms with Gasteiger partial charge >= 0.3 is 5.97 Å². The lowest BCUT2D eigenvalue weighted by Gasteiger charge is -2.06. The van der Waals surface area contributed by atoms with Crippen LogP contribution in [0, 0.1) is 0 Å². The molecule has 0 aliphatic rings. The molecule has 0 aliphatic carbocycles. The van der Waals surface area contributed by atoms with Crippen LogP contribution < -0.4 is 10.3 Å². The highest BCUT2D eigenvalue weighted by Gasteiger charge is 2.12. The van der Waals surface area contributed by atoms with Crippen molar-refractivity contribution in [2.24, 2.45) is 0 Å². The number of phenols is 1. The summed E-state index contributed by atoms with van der Waals surface area (Å²) >= 11 is 0. The molecule has 98 valence electrons. The van der Waals surface area contributed by atoms with Crippen molar-refractivity contribution in [3.05, 3.63) is 40.2 Å². The lowest BCUT2D eigenvalue weighted by Crippen LogP contribution is -2.18. The molecule has 1 aromatic heterocycles. The first-order chi connectivity index (χ1) is 9.02. The zero-order valence-electron chi connectivity index (χ0n) is 9.88. The fourth-order valence-corrected chi connectivity index (χ4v) is 1.55. The summed E-state index contributed by atoms with van der Waals surface area (Å²) in [6.45, 7) is 0. The third-order valence-electron chi connectivity index (χ3n) is 2.51. The number of carboxylic acids is 1. The van der Waals surface area contributed by atoms with Gasteiger partial charge in [-0.15, -0.1) is 0 Å². The predicted octanol–water partition coefficient (Wildman–Crippen LogP) is 0.849. The van der Waals surface area contributed by atoms with E-state index < -0.39 is 17.1 Å². The number of aromatic amines is 1. The van der Waals surface area contributed by atoms with E-state index in [0.29, 0.717) is 5.56 Å². The number of ether oxygens (including phenoxy) is 1. The number of carbonyl (C=O) groups is 1. The van der Waals surface area contributed by atoms with Crippen LogP contribution in [0.3, 0.4) is 0 Å². The maximum atomic E-state index is 11.3. The highest BCUT2D eigenvalue weighted by Crippen LogP contribution is 2.30. The Balaban J connectivity index is 2.56. The minimum Gasteiger partial charge on any atom is -0.504 e. The Hall–Kier alpha value is -2.83. The Morgan fingerprint density at radius 2 is 2.11 bits per heavy atom. The van der Waals surface area contributed by atoms with Crippen molar-refractivity contribution in [1.82, 2.24) is 10.2 Å². The Morgan fingerprint density at radius 3 is 2.74 bits per heavy atom. The van der Waals surface area contributed by atoms with E-state index in [4.69, 9.17) is 9.84 Å². The first kappa shape index (κ1) is 12.6. The zero-order chi connectivity index (χ0) is 14.0. The zero-order valence-corrected chi connectivity index (χ0v) is 9.88. The molecule has 0 amide bonds. The molecule has 0 spiro atoms. The van der Waals surface area contributed by atoms with E-state index in [1.54, 1.807) is 0 Å². The predicted molar refractivity (Wildman–Crippen MR) is 65.5 cm³/mol. The van der Waals surface area contributed by atoms with Gasteiger partial charge in [-0.25, -0.2) is 9.89 Å². The smallest absolute Gasteiger partial charge is 0.341 e. The molecule has 0 radical (unpaired) electrons. The minimum atomic E-state index is -1.34. The fourth-order valence-electron chi connectivity index (χ4n) is 1.55. The van der Waals surface area contributed by atoms with Gasteiger partial charge in [-0.1, -0.05) is 0 Å². The number of methoxy groups -OCH3 is 1. The van der Waals surface area contributed by atoms with E-state index >= 15 is 0 Å². The molecule has 7 nitrogen and oxygen atoms in total. The first-order valence-corrected chi connectivity index (χ1v) is 5.23. The quantitative estimate of drug-likeness (QED) is 0.755. The Bertz CT molecular complexity index is 693. The number of H-pyrrole nitrogens is 1. The summed E-state index contributed by atoms with van der Waals surface area (Å²) in [7, 11) is 1.39. The van der Waals surface area contributed by atoms with Crippen LogP contribution in [0.4, 0.5) is 0 Å². The van der Waals surface area contributed by atoms with E-state index in [9.17, 15) is 14.7 Å². The van der Waals surface area contributed by atoms with Crippen molar-refractivity contribution in [1.29, 1.82) is 0 Å². The molecule has 0 unspecified atom stereocenters. The topological polar surface area (TPSA) is 113 Å². The molecule has 0 atom stereocenters. The molecule has 2 aromatic rings. The lowest BCUT2D eigenvalue weighted by molar-refractivity contribution is 0.0694. The highest BCUT2D eigenvalue weighted by molar-refractivity contribution is 5.88. The molecule has 7 heteroatoms. The number of hydrogen-bond donors (Lipinski definition) is 3. The summed E-state index contributed by atoms with van der Waals surface area (Å²) < 4.78 is 4.94. The third kappa shape index (κ3) is 2.39. The number of nitrogens with zero attached hydrogens (tertiary/aromatic N) is 1. The second kappa shape index (κ2) is 4.81. The minimum absolute atomic E-state index is 0.0471. The molecule has 0 aliphatic heterocycles. The molecular formula is C12H10N2O5. The monoisotopic (exact) mass is 262 g/mol. The average Bonchev–Trinajstić information content (AvgIpc) is 2.39. The standard InChI is InChI=1S/C12H10N2O5/c1-19-10-4-6(2-3-9(10)15)8-5-7(12(17)18)11(16)14-13-8/h2-5,15H,1H3,(H,14,16)(H,17,18). The summed E-state index contributed by atoms with van der Waals surface area (Å²) in [5.41, 5.74) is -0.414. The first-order valence-electron chi connectivity index (χ1n) is 5.23. The Kier molecular flexibility index (Phi) is 3.19. The molecule has 2 rings (SSSR count). The van der Waals surface area contributed by atoms with Crippen molar-refractivity contribution < 1.29 is 19.7 Å². The van der Waals surface area contributed by atoms with Gasteiger partial charge in [0.2, 0.25) is 0 Å². The van der Waals surface area contributed by atoms with Crippen molar-refractivity contribution in [3.63, 3.8) is 0 Å². The van der Waals surface area contributed by atoms with Crippen LogP contribution in [-0.4, -0.2) is 33.5 Å². The molecule has 1 aromatic carbocycles. The van der Waals surface area contributed by atoms with Gasteiger partial charge in [0.05, 0.1) is 12.8 Å². The van der Waals surface area contributed by atoms with E-state index in [0.717, 1.165) is 6.07 Å². The second-order valence-electron chi connectivity index (χ2n) is 3.69. The molecular weight excluding hydrogens is 252 g/mol. The van der Waals surface area contributed by atoms with E-state index in [-0.39, 0.29) is 17.2 Å². The van der Waals surface area contributed by atoms with Crippen molar-refractivity contribution in [3.8, 4) is 22.8 Å². The molecule has 1 heterocycles. The van der Waals surface area contributed by atoms with Gasteiger partial charge < -0.3 is 14.9 Å².